The number of nitrogens with one attached hydrogen (secondary N) is 1. The molecule has 2 N–H and O–H groups in total. The first-order chi connectivity index (χ1) is 12.5. The third-order valence-electron chi connectivity index (χ3n) is 2.01. The molecule has 0 amide bonds. The van der Waals surface area contributed by atoms with E-state index < -0.39 is 32.9 Å². The summed E-state index contributed by atoms with van der Waals surface area (Å²) in [5.41, 5.74) is 0. The summed E-state index contributed by atoms with van der Waals surface area (Å²) in [6.45, 7) is 36.2. The molecule has 0 heterocycles. The van der Waals surface area contributed by atoms with Gasteiger partial charge >= 0.3 is 37.7 Å². The van der Waals surface area contributed by atoms with Crippen LogP contribution in [0.4, 0.5) is 0 Å². The quantitative estimate of drug-likeness (QED) is 0.276. The van der Waals surface area contributed by atoms with Crippen LogP contribution in [-0.4, -0.2) is 62.2 Å². The standard InChI is InChI=1S/2C6H18NSi2.C6H15N.CH3I.CH4O.2Li/c2*1-8(2,3)7-9(4,5)6;1-5(2)7-6(3)4;2*1-2;;/h2*1-6H3;5-7H,1-4H3;1H3;2H,1H3;;/q2*-1;;;;2*+1. The van der Waals surface area contributed by atoms with Gasteiger partial charge in [0.15, 0.2) is 0 Å². The van der Waals surface area contributed by atoms with E-state index in [-0.39, 0.29) is 37.7 Å². The first-order valence-electron chi connectivity index (χ1n) is 10.6. The Morgan fingerprint density at radius 1 is 0.516 bits per heavy atom. The van der Waals surface area contributed by atoms with E-state index >= 15 is 0 Å². The molecule has 0 rings (SSSR count). The molecule has 0 fully saturated rings. The number of halogens is 1. The molecule has 0 aromatic carbocycles. The van der Waals surface area contributed by atoms with Gasteiger partial charge in [-0.2, -0.15) is 0 Å². The molecule has 0 saturated heterocycles. The largest absolute Gasteiger partial charge is 1.00 e. The number of aliphatic hydroxyl groups excluding tert-OH is 1. The van der Waals surface area contributed by atoms with E-state index in [4.69, 9.17) is 14.4 Å². The molecular formula is C20H58ILi2N3OSi4. The van der Waals surface area contributed by atoms with Gasteiger partial charge < -0.3 is 19.7 Å². The van der Waals surface area contributed by atoms with E-state index in [1.54, 1.807) is 0 Å². The van der Waals surface area contributed by atoms with Crippen LogP contribution >= 0.6 is 22.6 Å². The van der Waals surface area contributed by atoms with Crippen LogP contribution in [0.1, 0.15) is 27.7 Å². The average molecular weight is 610 g/mol. The van der Waals surface area contributed by atoms with Gasteiger partial charge in [-0.15, -0.1) is 0 Å². The van der Waals surface area contributed by atoms with Crippen molar-refractivity contribution in [1.29, 1.82) is 0 Å². The van der Waals surface area contributed by atoms with Crippen molar-refractivity contribution in [1.82, 2.24) is 5.32 Å². The second kappa shape index (κ2) is 25.7. The number of aliphatic hydroxyl groups is 1. The third kappa shape index (κ3) is 88.2. The van der Waals surface area contributed by atoms with E-state index in [1.165, 1.54) is 0 Å². The van der Waals surface area contributed by atoms with Crippen molar-refractivity contribution < 1.29 is 42.8 Å². The Labute approximate surface area is 241 Å². The summed E-state index contributed by atoms with van der Waals surface area (Å²) >= 11 is 2.15. The maximum atomic E-state index is 7.00. The number of alkyl halides is 1. The summed E-state index contributed by atoms with van der Waals surface area (Å²) < 4.78 is 9.64. The van der Waals surface area contributed by atoms with Crippen LogP contribution in [0.2, 0.25) is 78.6 Å². The topological polar surface area (TPSA) is 60.5 Å². The summed E-state index contributed by atoms with van der Waals surface area (Å²) in [6.07, 6.45) is 0. The number of nitrogens with zero attached hydrogens (tertiary/aromatic N) is 2. The molecule has 0 aromatic heterocycles. The van der Waals surface area contributed by atoms with Crippen LogP contribution in [0.5, 0.6) is 0 Å². The molecule has 0 aliphatic heterocycles. The average Bonchev–Trinajstić information content (AvgIpc) is 2.34. The van der Waals surface area contributed by atoms with Gasteiger partial charge in [-0.1, -0.05) is 162 Å². The molecular weight excluding hydrogens is 551 g/mol. The van der Waals surface area contributed by atoms with Crippen LogP contribution in [0.25, 0.3) is 9.30 Å². The van der Waals surface area contributed by atoms with E-state index in [1.807, 2.05) is 4.93 Å². The zero-order valence-corrected chi connectivity index (χ0v) is 31.5. The summed E-state index contributed by atoms with van der Waals surface area (Å²) in [6, 6.07) is 1.25. The Balaban J connectivity index is -0.0000000502. The number of rotatable bonds is 6. The van der Waals surface area contributed by atoms with Crippen molar-refractivity contribution >= 4 is 55.5 Å². The summed E-state index contributed by atoms with van der Waals surface area (Å²) in [5, 5.41) is 10.3. The Hall–Kier alpha value is 2.63. The van der Waals surface area contributed by atoms with Crippen molar-refractivity contribution in [3.05, 3.63) is 9.30 Å². The maximum Gasteiger partial charge on any atom is 1.00 e. The first-order valence-corrected chi connectivity index (χ1v) is 26.6. The smallest absolute Gasteiger partial charge is 0.668 e. The predicted octanol–water partition coefficient (Wildman–Crippen LogP) is 2.12. The molecule has 11 heteroatoms. The van der Waals surface area contributed by atoms with Crippen LogP contribution in [0, 0.1) is 0 Å². The Morgan fingerprint density at radius 3 is 0.645 bits per heavy atom. The summed E-state index contributed by atoms with van der Waals surface area (Å²) in [7, 11) is -3.42. The Bertz CT molecular complexity index is 287. The van der Waals surface area contributed by atoms with Gasteiger partial charge in [0, 0.05) is 19.2 Å². The minimum absolute atomic E-state index is 0. The predicted molar refractivity (Wildman–Crippen MR) is 162 cm³/mol. The zero-order valence-electron chi connectivity index (χ0n) is 25.4. The zero-order chi connectivity index (χ0) is 25.3. The molecule has 4 nitrogen and oxygen atoms in total. The SMILES string of the molecule is CC(C)NC(C)C.CI.CO.C[Si](C)(C)[N-][Si](C)(C)C.C[Si](C)(C)[N-][Si](C)(C)C.[Li+].[Li+]. The third-order valence-corrected chi connectivity index (χ3v) is 12.7. The molecule has 184 valence electrons. The van der Waals surface area contributed by atoms with Gasteiger partial charge in [-0.25, -0.2) is 0 Å². The fourth-order valence-corrected chi connectivity index (χ4v) is 18.8. The van der Waals surface area contributed by atoms with Gasteiger partial charge in [0.05, 0.1) is 0 Å². The van der Waals surface area contributed by atoms with Crippen LogP contribution in [0.3, 0.4) is 0 Å². The number of hydrogen-bond donors (Lipinski definition) is 2. The van der Waals surface area contributed by atoms with E-state index in [9.17, 15) is 0 Å². The minimum atomic E-state index is -1.11. The van der Waals surface area contributed by atoms with E-state index in [0.29, 0.717) is 12.1 Å². The van der Waals surface area contributed by atoms with Crippen molar-refractivity contribution in [2.45, 2.75) is 118 Å². The second-order valence-corrected chi connectivity index (χ2v) is 30.5. The van der Waals surface area contributed by atoms with Crippen molar-refractivity contribution in [2.75, 3.05) is 12.0 Å². The van der Waals surface area contributed by atoms with Crippen molar-refractivity contribution in [2.24, 2.45) is 0 Å². The van der Waals surface area contributed by atoms with Gasteiger partial charge in [0.1, 0.15) is 0 Å². The van der Waals surface area contributed by atoms with Gasteiger partial charge in [-0.3, -0.25) is 0 Å². The number of hydrogen-bond acceptors (Lipinski definition) is 2. The Morgan fingerprint density at radius 2 is 0.645 bits per heavy atom. The molecule has 0 spiro atoms. The van der Waals surface area contributed by atoms with Crippen molar-refractivity contribution in [3.63, 3.8) is 0 Å². The monoisotopic (exact) mass is 609 g/mol. The summed E-state index contributed by atoms with van der Waals surface area (Å²) in [4.78, 5) is 1.97. The fourth-order valence-electron chi connectivity index (χ4n) is 2.68. The van der Waals surface area contributed by atoms with Crippen LogP contribution in [-0.2, 0) is 0 Å². The fraction of sp³-hybridized carbons (Fsp3) is 1.00. The molecule has 0 aliphatic carbocycles. The van der Waals surface area contributed by atoms with Crippen molar-refractivity contribution in [3.8, 4) is 0 Å². The maximum absolute atomic E-state index is 7.00. The molecule has 0 aromatic rings. The molecule has 0 unspecified atom stereocenters. The van der Waals surface area contributed by atoms with Crippen LogP contribution in [0.15, 0.2) is 0 Å². The van der Waals surface area contributed by atoms with Gasteiger partial charge in [-0.05, 0) is 4.93 Å². The molecule has 31 heavy (non-hydrogen) atoms. The van der Waals surface area contributed by atoms with E-state index in [2.05, 4.69) is 134 Å². The van der Waals surface area contributed by atoms with Gasteiger partial charge in [0.25, 0.3) is 0 Å². The summed E-state index contributed by atoms with van der Waals surface area (Å²) in [5.74, 6) is 0. The normalized spacial score (nSPS) is 11.0. The second-order valence-electron chi connectivity index (χ2n) is 11.4. The van der Waals surface area contributed by atoms with Crippen LogP contribution < -0.4 is 43.0 Å². The Kier molecular flexibility index (Phi) is 41.9. The molecule has 0 saturated carbocycles. The molecule has 0 bridgehead atoms. The van der Waals surface area contributed by atoms with E-state index in [0.717, 1.165) is 7.11 Å². The molecule has 0 atom stereocenters. The molecule has 0 radical (unpaired) electrons. The molecule has 0 aliphatic rings. The van der Waals surface area contributed by atoms with Gasteiger partial charge in [0.2, 0.25) is 0 Å². The minimum Gasteiger partial charge on any atom is -0.668 e. The first kappa shape index (κ1) is 50.5.